The summed E-state index contributed by atoms with van der Waals surface area (Å²) in [5.41, 5.74) is 0.716. The lowest BCUT2D eigenvalue weighted by molar-refractivity contribution is 0.0496. The Morgan fingerprint density at radius 3 is 1.65 bits per heavy atom. The van der Waals surface area contributed by atoms with Gasteiger partial charge in [-0.15, -0.1) is 0 Å². The van der Waals surface area contributed by atoms with Crippen LogP contribution < -0.4 is 0 Å². The minimum atomic E-state index is -0.414. The van der Waals surface area contributed by atoms with Crippen LogP contribution in [0.3, 0.4) is 0 Å². The van der Waals surface area contributed by atoms with E-state index in [1.165, 1.54) is 6.07 Å². The summed E-state index contributed by atoms with van der Waals surface area (Å²) in [6.07, 6.45) is 5.90. The highest BCUT2D eigenvalue weighted by atomic mass is 79.9. The van der Waals surface area contributed by atoms with Gasteiger partial charge in [0, 0.05) is 4.47 Å². The molecule has 4 nitrogen and oxygen atoms in total. The fourth-order valence-electron chi connectivity index (χ4n) is 2.03. The summed E-state index contributed by atoms with van der Waals surface area (Å²) >= 11 is 3.32. The van der Waals surface area contributed by atoms with E-state index in [0.29, 0.717) is 28.8 Å². The molecule has 1 aromatic rings. The molecule has 0 aliphatic heterocycles. The number of carbonyl (C=O) groups excluding carboxylic acids is 2. The summed E-state index contributed by atoms with van der Waals surface area (Å²) in [5.74, 6) is -0.829. The van der Waals surface area contributed by atoms with Crippen molar-refractivity contribution < 1.29 is 19.1 Å². The number of halogens is 1. The Hall–Kier alpha value is -1.36. The first-order valence-corrected chi connectivity index (χ1v) is 9.02. The molecule has 0 radical (unpaired) electrons. The van der Waals surface area contributed by atoms with Crippen LogP contribution in [-0.4, -0.2) is 25.2 Å². The van der Waals surface area contributed by atoms with Crippen molar-refractivity contribution in [3.05, 3.63) is 33.8 Å². The van der Waals surface area contributed by atoms with Gasteiger partial charge in [0.25, 0.3) is 0 Å². The largest absolute Gasteiger partial charge is 0.462 e. The molecular weight excluding hydrogens is 360 g/mol. The van der Waals surface area contributed by atoms with Crippen molar-refractivity contribution in [1.82, 2.24) is 0 Å². The van der Waals surface area contributed by atoms with E-state index in [1.54, 1.807) is 12.1 Å². The number of hydrogen-bond acceptors (Lipinski definition) is 4. The monoisotopic (exact) mass is 384 g/mol. The van der Waals surface area contributed by atoms with Gasteiger partial charge >= 0.3 is 11.9 Å². The molecule has 0 atom stereocenters. The molecule has 0 aliphatic rings. The lowest BCUT2D eigenvalue weighted by Crippen LogP contribution is -2.10. The van der Waals surface area contributed by atoms with Gasteiger partial charge < -0.3 is 9.47 Å². The molecule has 0 aromatic heterocycles. The summed E-state index contributed by atoms with van der Waals surface area (Å²) in [6, 6.07) is 4.82. The maximum absolute atomic E-state index is 12.0. The Bertz CT molecular complexity index is 471. The summed E-state index contributed by atoms with van der Waals surface area (Å²) < 4.78 is 11.1. The lowest BCUT2D eigenvalue weighted by atomic mass is 10.1. The molecule has 0 spiro atoms. The number of hydrogen-bond donors (Lipinski definition) is 0. The topological polar surface area (TPSA) is 52.6 Å². The minimum Gasteiger partial charge on any atom is -0.462 e. The van der Waals surface area contributed by atoms with Gasteiger partial charge in [-0.2, -0.15) is 0 Å². The second kappa shape index (κ2) is 11.2. The Morgan fingerprint density at radius 2 is 1.26 bits per heavy atom. The van der Waals surface area contributed by atoms with E-state index >= 15 is 0 Å². The molecule has 0 N–H and O–H groups in total. The van der Waals surface area contributed by atoms with Crippen molar-refractivity contribution in [1.29, 1.82) is 0 Å². The zero-order chi connectivity index (χ0) is 17.1. The van der Waals surface area contributed by atoms with E-state index in [2.05, 4.69) is 29.8 Å². The number of benzene rings is 1. The van der Waals surface area contributed by atoms with E-state index in [4.69, 9.17) is 9.47 Å². The van der Waals surface area contributed by atoms with Gasteiger partial charge in [0.15, 0.2) is 0 Å². The molecule has 0 fully saturated rings. The third-order valence-electron chi connectivity index (χ3n) is 3.33. The Kier molecular flexibility index (Phi) is 9.60. The van der Waals surface area contributed by atoms with E-state index in [9.17, 15) is 9.59 Å². The highest BCUT2D eigenvalue weighted by molar-refractivity contribution is 9.10. The summed E-state index contributed by atoms with van der Waals surface area (Å²) in [4.78, 5) is 24.1. The highest BCUT2D eigenvalue weighted by Gasteiger charge is 2.14. The molecular formula is C18H25BrO4. The number of esters is 2. The van der Waals surface area contributed by atoms with Gasteiger partial charge in [0.1, 0.15) is 0 Å². The average Bonchev–Trinajstić information content (AvgIpc) is 2.54. The predicted molar refractivity (Wildman–Crippen MR) is 93.8 cm³/mol. The van der Waals surface area contributed by atoms with Gasteiger partial charge in [-0.05, 0) is 31.0 Å². The second-order valence-corrected chi connectivity index (χ2v) is 6.33. The normalized spacial score (nSPS) is 10.4. The molecule has 23 heavy (non-hydrogen) atoms. The lowest BCUT2D eigenvalue weighted by Gasteiger charge is -2.08. The Morgan fingerprint density at radius 1 is 0.826 bits per heavy atom. The van der Waals surface area contributed by atoms with Crippen LogP contribution in [0.2, 0.25) is 0 Å². The molecule has 128 valence electrons. The van der Waals surface area contributed by atoms with Gasteiger partial charge in [0.05, 0.1) is 24.3 Å². The van der Waals surface area contributed by atoms with Gasteiger partial charge in [-0.3, -0.25) is 0 Å². The van der Waals surface area contributed by atoms with Crippen LogP contribution in [0.1, 0.15) is 73.1 Å². The molecule has 1 aromatic carbocycles. The van der Waals surface area contributed by atoms with Crippen LogP contribution in [0.15, 0.2) is 22.7 Å². The molecule has 0 saturated heterocycles. The van der Waals surface area contributed by atoms with Crippen LogP contribution in [0.5, 0.6) is 0 Å². The predicted octanol–water partition coefficient (Wildman–Crippen LogP) is 5.14. The molecule has 0 bridgehead atoms. The Labute approximate surface area is 146 Å². The second-order valence-electron chi connectivity index (χ2n) is 5.41. The molecule has 5 heteroatoms. The number of unbranched alkanes of at least 4 members (excludes halogenated alkanes) is 4. The SMILES string of the molecule is CCCCCOC(=O)c1cc(Br)cc(C(=O)OCCCCC)c1. The first kappa shape index (κ1) is 19.7. The van der Waals surface area contributed by atoms with Crippen molar-refractivity contribution in [2.45, 2.75) is 52.4 Å². The van der Waals surface area contributed by atoms with E-state index in [-0.39, 0.29) is 0 Å². The summed E-state index contributed by atoms with van der Waals surface area (Å²) in [7, 11) is 0. The fraction of sp³-hybridized carbons (Fsp3) is 0.556. The summed E-state index contributed by atoms with van der Waals surface area (Å²) in [5, 5.41) is 0. The van der Waals surface area contributed by atoms with Crippen LogP contribution in [0.4, 0.5) is 0 Å². The first-order valence-electron chi connectivity index (χ1n) is 8.23. The average molecular weight is 385 g/mol. The molecule has 0 amide bonds. The maximum atomic E-state index is 12.0. The van der Waals surface area contributed by atoms with Crippen molar-refractivity contribution in [2.75, 3.05) is 13.2 Å². The quantitative estimate of drug-likeness (QED) is 0.413. The highest BCUT2D eigenvalue weighted by Crippen LogP contribution is 2.18. The molecule has 0 aliphatic carbocycles. The number of ether oxygens (including phenoxy) is 2. The Balaban J connectivity index is 2.63. The smallest absolute Gasteiger partial charge is 0.338 e. The van der Waals surface area contributed by atoms with Crippen LogP contribution >= 0.6 is 15.9 Å². The molecule has 1 rings (SSSR count). The number of carbonyl (C=O) groups is 2. The standard InChI is InChI=1S/C18H25BrO4/c1-3-5-7-9-22-17(20)14-11-15(13-16(19)12-14)18(21)23-10-8-6-4-2/h11-13H,3-10H2,1-2H3. The fourth-order valence-corrected chi connectivity index (χ4v) is 2.52. The van der Waals surface area contributed by atoms with E-state index in [1.807, 2.05) is 0 Å². The molecule has 0 unspecified atom stereocenters. The number of rotatable bonds is 10. The van der Waals surface area contributed by atoms with E-state index in [0.717, 1.165) is 38.5 Å². The molecule has 0 saturated carbocycles. The maximum Gasteiger partial charge on any atom is 0.338 e. The zero-order valence-corrected chi connectivity index (χ0v) is 15.5. The first-order chi connectivity index (χ1) is 11.1. The van der Waals surface area contributed by atoms with Crippen molar-refractivity contribution in [3.8, 4) is 0 Å². The van der Waals surface area contributed by atoms with Gasteiger partial charge in [0.2, 0.25) is 0 Å². The summed E-state index contributed by atoms with van der Waals surface area (Å²) in [6.45, 7) is 4.98. The molecule has 0 heterocycles. The third kappa shape index (κ3) is 7.64. The third-order valence-corrected chi connectivity index (χ3v) is 3.79. The van der Waals surface area contributed by atoms with Crippen molar-refractivity contribution >= 4 is 27.9 Å². The van der Waals surface area contributed by atoms with Crippen LogP contribution in [0.25, 0.3) is 0 Å². The van der Waals surface area contributed by atoms with Crippen molar-refractivity contribution in [2.24, 2.45) is 0 Å². The van der Waals surface area contributed by atoms with Crippen molar-refractivity contribution in [3.63, 3.8) is 0 Å². The van der Waals surface area contributed by atoms with Gasteiger partial charge in [-0.25, -0.2) is 9.59 Å². The minimum absolute atomic E-state index is 0.358. The van der Waals surface area contributed by atoms with Gasteiger partial charge in [-0.1, -0.05) is 55.5 Å². The van der Waals surface area contributed by atoms with Crippen LogP contribution in [0, 0.1) is 0 Å². The van der Waals surface area contributed by atoms with E-state index < -0.39 is 11.9 Å². The zero-order valence-electron chi connectivity index (χ0n) is 13.9. The van der Waals surface area contributed by atoms with Crippen LogP contribution in [-0.2, 0) is 9.47 Å².